The third kappa shape index (κ3) is 4.34. The van der Waals surface area contributed by atoms with Gasteiger partial charge in [0.15, 0.2) is 11.5 Å². The molecule has 0 bridgehead atoms. The van der Waals surface area contributed by atoms with E-state index in [-0.39, 0.29) is 18.7 Å². The Bertz CT molecular complexity index is 844. The lowest BCUT2D eigenvalue weighted by atomic mass is 10.1. The number of fused-ring (bicyclic) bond motifs is 1. The summed E-state index contributed by atoms with van der Waals surface area (Å²) in [5.41, 5.74) is 0.781. The number of nitrogens with zero attached hydrogens (tertiary/aromatic N) is 1. The molecule has 2 aliphatic heterocycles. The molecular weight excluding hydrogens is 380 g/mol. The maximum atomic E-state index is 12.4. The molecule has 28 heavy (non-hydrogen) atoms. The standard InChI is InChI=1S/C21H23ClN2O4/c22-16-11-15(12-19-21(16)28-14-27-19)6-7-20(25)23-13-17(18-5-4-10-26-18)24-8-2-1-3-9-24/h4-7,10-12,17H,1-3,8-9,13-14H2,(H,23,25)/b7-6+. The zero-order valence-corrected chi connectivity index (χ0v) is 16.3. The van der Waals surface area contributed by atoms with Crippen LogP contribution in [0.3, 0.4) is 0 Å². The summed E-state index contributed by atoms with van der Waals surface area (Å²) in [5.74, 6) is 1.86. The number of piperidine rings is 1. The fraction of sp³-hybridized carbons (Fsp3) is 0.381. The third-order valence-electron chi connectivity index (χ3n) is 5.05. The monoisotopic (exact) mass is 402 g/mol. The van der Waals surface area contributed by atoms with Crippen LogP contribution in [0.2, 0.25) is 5.02 Å². The van der Waals surface area contributed by atoms with Crippen molar-refractivity contribution in [2.24, 2.45) is 0 Å². The minimum Gasteiger partial charge on any atom is -0.468 e. The van der Waals surface area contributed by atoms with E-state index in [1.54, 1.807) is 24.5 Å². The molecule has 1 aromatic heterocycles. The summed E-state index contributed by atoms with van der Waals surface area (Å²) < 4.78 is 16.3. The highest BCUT2D eigenvalue weighted by Crippen LogP contribution is 2.40. The van der Waals surface area contributed by atoms with Crippen LogP contribution in [0.15, 0.2) is 41.0 Å². The highest BCUT2D eigenvalue weighted by atomic mass is 35.5. The summed E-state index contributed by atoms with van der Waals surface area (Å²) in [6, 6.07) is 7.45. The number of carbonyl (C=O) groups excluding carboxylic acids is 1. The van der Waals surface area contributed by atoms with Crippen LogP contribution >= 0.6 is 11.6 Å². The summed E-state index contributed by atoms with van der Waals surface area (Å²) >= 11 is 6.18. The van der Waals surface area contributed by atoms with Gasteiger partial charge in [0.25, 0.3) is 0 Å². The molecule has 6 nitrogen and oxygen atoms in total. The molecule has 1 unspecified atom stereocenters. The second-order valence-electron chi connectivity index (χ2n) is 6.94. The topological polar surface area (TPSA) is 63.9 Å². The Morgan fingerprint density at radius 1 is 1.25 bits per heavy atom. The van der Waals surface area contributed by atoms with Crippen molar-refractivity contribution in [1.82, 2.24) is 10.2 Å². The fourth-order valence-electron chi connectivity index (χ4n) is 3.63. The van der Waals surface area contributed by atoms with Gasteiger partial charge in [0.2, 0.25) is 12.7 Å². The number of ether oxygens (including phenoxy) is 2. The Hall–Kier alpha value is -2.44. The fourth-order valence-corrected chi connectivity index (χ4v) is 3.91. The number of furan rings is 1. The van der Waals surface area contributed by atoms with Gasteiger partial charge in [0, 0.05) is 12.6 Å². The Morgan fingerprint density at radius 3 is 2.89 bits per heavy atom. The van der Waals surface area contributed by atoms with Gasteiger partial charge in [0.1, 0.15) is 5.76 Å². The summed E-state index contributed by atoms with van der Waals surface area (Å²) in [5, 5.41) is 3.46. The first-order valence-corrected chi connectivity index (χ1v) is 9.91. The summed E-state index contributed by atoms with van der Waals surface area (Å²) in [6.45, 7) is 2.70. The molecule has 1 atom stereocenters. The number of halogens is 1. The van der Waals surface area contributed by atoms with E-state index in [9.17, 15) is 4.79 Å². The molecule has 4 rings (SSSR count). The maximum absolute atomic E-state index is 12.4. The normalized spacial score (nSPS) is 17.8. The van der Waals surface area contributed by atoms with Crippen molar-refractivity contribution in [3.8, 4) is 11.5 Å². The molecule has 0 saturated carbocycles. The second-order valence-corrected chi connectivity index (χ2v) is 7.35. The SMILES string of the molecule is O=C(/C=C/c1cc(Cl)c2c(c1)OCO2)NCC(c1ccco1)N1CCCCC1. The van der Waals surface area contributed by atoms with Crippen LogP contribution in [0.4, 0.5) is 0 Å². The van der Waals surface area contributed by atoms with Gasteiger partial charge in [-0.15, -0.1) is 0 Å². The van der Waals surface area contributed by atoms with Gasteiger partial charge in [-0.3, -0.25) is 9.69 Å². The molecule has 0 radical (unpaired) electrons. The molecular formula is C21H23ClN2O4. The van der Waals surface area contributed by atoms with Crippen molar-refractivity contribution < 1.29 is 18.7 Å². The number of amides is 1. The van der Waals surface area contributed by atoms with Gasteiger partial charge in [-0.2, -0.15) is 0 Å². The molecule has 1 aromatic carbocycles. The first-order valence-electron chi connectivity index (χ1n) is 9.53. The van der Waals surface area contributed by atoms with Crippen molar-refractivity contribution in [3.05, 3.63) is 53.0 Å². The van der Waals surface area contributed by atoms with Crippen LogP contribution in [0.25, 0.3) is 6.08 Å². The van der Waals surface area contributed by atoms with E-state index >= 15 is 0 Å². The van der Waals surface area contributed by atoms with Gasteiger partial charge >= 0.3 is 0 Å². The third-order valence-corrected chi connectivity index (χ3v) is 5.33. The highest BCUT2D eigenvalue weighted by Gasteiger charge is 2.24. The predicted octanol–water partition coefficient (Wildman–Crippen LogP) is 4.02. The average molecular weight is 403 g/mol. The number of hydrogen-bond donors (Lipinski definition) is 1. The lowest BCUT2D eigenvalue weighted by Gasteiger charge is -2.33. The summed E-state index contributed by atoms with van der Waals surface area (Å²) in [6.07, 6.45) is 8.51. The number of benzene rings is 1. The van der Waals surface area contributed by atoms with Crippen molar-refractivity contribution in [2.45, 2.75) is 25.3 Å². The lowest BCUT2D eigenvalue weighted by Crippen LogP contribution is -2.40. The molecule has 1 amide bonds. The highest BCUT2D eigenvalue weighted by molar-refractivity contribution is 6.32. The molecule has 3 heterocycles. The van der Waals surface area contributed by atoms with E-state index in [0.29, 0.717) is 23.1 Å². The minimum atomic E-state index is -0.164. The number of nitrogens with one attached hydrogen (secondary N) is 1. The number of rotatable bonds is 6. The molecule has 2 aliphatic rings. The summed E-state index contributed by atoms with van der Waals surface area (Å²) in [4.78, 5) is 14.7. The molecule has 0 spiro atoms. The van der Waals surface area contributed by atoms with Crippen LogP contribution in [0.5, 0.6) is 11.5 Å². The predicted molar refractivity (Wildman–Crippen MR) is 106 cm³/mol. The average Bonchev–Trinajstić information content (AvgIpc) is 3.40. The Kier molecular flexibility index (Phi) is 5.88. The Labute approximate surface area is 169 Å². The smallest absolute Gasteiger partial charge is 0.244 e. The number of carbonyl (C=O) groups is 1. The quantitative estimate of drug-likeness (QED) is 0.739. The molecule has 0 aliphatic carbocycles. The largest absolute Gasteiger partial charge is 0.468 e. The lowest BCUT2D eigenvalue weighted by molar-refractivity contribution is -0.116. The van der Waals surface area contributed by atoms with Crippen molar-refractivity contribution in [3.63, 3.8) is 0 Å². The van der Waals surface area contributed by atoms with E-state index in [0.717, 1.165) is 24.4 Å². The van der Waals surface area contributed by atoms with E-state index in [4.69, 9.17) is 25.5 Å². The summed E-state index contributed by atoms with van der Waals surface area (Å²) in [7, 11) is 0. The molecule has 148 valence electrons. The minimum absolute atomic E-state index is 0.0487. The van der Waals surface area contributed by atoms with Gasteiger partial charge in [-0.05, 0) is 61.8 Å². The van der Waals surface area contributed by atoms with E-state index in [1.165, 1.54) is 25.3 Å². The Balaban J connectivity index is 1.38. The van der Waals surface area contributed by atoms with Crippen LogP contribution in [0, 0.1) is 0 Å². The molecule has 2 aromatic rings. The van der Waals surface area contributed by atoms with Gasteiger partial charge < -0.3 is 19.2 Å². The zero-order chi connectivity index (χ0) is 19.3. The zero-order valence-electron chi connectivity index (χ0n) is 15.5. The van der Waals surface area contributed by atoms with Gasteiger partial charge in [0.05, 0.1) is 17.3 Å². The molecule has 1 saturated heterocycles. The maximum Gasteiger partial charge on any atom is 0.244 e. The van der Waals surface area contributed by atoms with Crippen molar-refractivity contribution in [1.29, 1.82) is 0 Å². The van der Waals surface area contributed by atoms with E-state index in [2.05, 4.69) is 10.2 Å². The van der Waals surface area contributed by atoms with Gasteiger partial charge in [-0.25, -0.2) is 0 Å². The van der Waals surface area contributed by atoms with E-state index < -0.39 is 0 Å². The van der Waals surface area contributed by atoms with Crippen LogP contribution in [0.1, 0.15) is 36.6 Å². The number of hydrogen-bond acceptors (Lipinski definition) is 5. The molecule has 1 fully saturated rings. The number of likely N-dealkylation sites (tertiary alicyclic amines) is 1. The molecule has 1 N–H and O–H groups in total. The first-order chi connectivity index (χ1) is 13.7. The second kappa shape index (κ2) is 8.71. The molecule has 7 heteroatoms. The van der Waals surface area contributed by atoms with Crippen molar-refractivity contribution in [2.75, 3.05) is 26.4 Å². The van der Waals surface area contributed by atoms with Crippen LogP contribution in [-0.4, -0.2) is 37.2 Å². The van der Waals surface area contributed by atoms with Crippen LogP contribution in [-0.2, 0) is 4.79 Å². The Morgan fingerprint density at radius 2 is 2.11 bits per heavy atom. The first kappa shape index (κ1) is 18.9. The van der Waals surface area contributed by atoms with E-state index in [1.807, 2.05) is 12.1 Å². The van der Waals surface area contributed by atoms with Crippen molar-refractivity contribution >= 4 is 23.6 Å². The van der Waals surface area contributed by atoms with Gasteiger partial charge in [-0.1, -0.05) is 18.0 Å². The van der Waals surface area contributed by atoms with Crippen LogP contribution < -0.4 is 14.8 Å².